The Bertz CT molecular complexity index is 157. The molecule has 7 heteroatoms. The quantitative estimate of drug-likeness (QED) is 0.307. The van der Waals surface area contributed by atoms with Crippen LogP contribution in [0.4, 0.5) is 0 Å². The van der Waals surface area contributed by atoms with Crippen molar-refractivity contribution in [2.45, 2.75) is 0 Å². The molecule has 0 fully saturated rings. The van der Waals surface area contributed by atoms with Crippen LogP contribution in [0.1, 0.15) is 0 Å². The number of quaternary nitrogens is 1. The van der Waals surface area contributed by atoms with Gasteiger partial charge in [0.2, 0.25) is 0 Å². The van der Waals surface area contributed by atoms with Crippen LogP contribution in [0.2, 0.25) is 0 Å². The summed E-state index contributed by atoms with van der Waals surface area (Å²) in [5.74, 6) is 0. The summed E-state index contributed by atoms with van der Waals surface area (Å²) in [6, 6.07) is 0. The van der Waals surface area contributed by atoms with Crippen LogP contribution in [0.5, 0.6) is 0 Å². The van der Waals surface area contributed by atoms with E-state index in [1.807, 2.05) is 0 Å². The summed E-state index contributed by atoms with van der Waals surface area (Å²) < 4.78 is 32.6. The topological polar surface area (TPSA) is 74.6 Å². The van der Waals surface area contributed by atoms with Gasteiger partial charge in [-0.25, -0.2) is 0 Å². The Morgan fingerprint density at radius 2 is 1.00 bits per heavy atom. The smallest absolute Gasteiger partial charge is 0.333 e. The maximum atomic E-state index is 8.74. The van der Waals surface area contributed by atoms with E-state index in [0.717, 1.165) is 4.48 Å². The van der Waals surface area contributed by atoms with E-state index in [4.69, 9.17) is 17.5 Å². The van der Waals surface area contributed by atoms with Crippen molar-refractivity contribution < 1.29 is 22.0 Å². The minimum Gasteiger partial charge on any atom is -0.333 e. The monoisotopic (exact) mass is 199 g/mol. The van der Waals surface area contributed by atoms with Gasteiger partial charge >= 0.3 is 27.8 Å². The Hall–Kier alpha value is 0.362. The van der Waals surface area contributed by atoms with Crippen LogP contribution in [0, 0.1) is 0 Å². The molecule has 0 spiro atoms. The summed E-state index contributed by atoms with van der Waals surface area (Å²) in [6.45, 7) is 0. The third-order valence-electron chi connectivity index (χ3n) is 0. The van der Waals surface area contributed by atoms with E-state index in [1.165, 1.54) is 0 Å². The molecule has 5 nitrogen and oxygen atoms in total. The summed E-state index contributed by atoms with van der Waals surface area (Å²) in [4.78, 5) is 0. The second-order valence-electron chi connectivity index (χ2n) is 3.13. The Kier molecular flexibility index (Phi) is 9.43. The first-order valence-electron chi connectivity index (χ1n) is 2.49. The van der Waals surface area contributed by atoms with Gasteiger partial charge in [0, 0.05) is 0 Å². The molecule has 2 N–H and O–H groups in total. The first kappa shape index (κ1) is 17.4. The molecule has 0 bridgehead atoms. The molecule has 0 saturated carbocycles. The van der Waals surface area contributed by atoms with Gasteiger partial charge in [-0.15, -0.1) is 0 Å². The number of nitrogens with zero attached hydrogens (tertiary/aromatic N) is 1. The van der Waals surface area contributed by atoms with E-state index in [0.29, 0.717) is 0 Å². The zero-order chi connectivity index (χ0) is 9.00. The van der Waals surface area contributed by atoms with Gasteiger partial charge in [0.15, 0.2) is 0 Å². The first-order valence-corrected chi connectivity index (χ1v) is 3.88. The summed E-state index contributed by atoms with van der Waals surface area (Å²) in [7, 11) is 3.83. The van der Waals surface area contributed by atoms with Gasteiger partial charge in [-0.2, -0.15) is 8.42 Å². The van der Waals surface area contributed by atoms with E-state index in [9.17, 15) is 0 Å². The van der Waals surface area contributed by atoms with Gasteiger partial charge < -0.3 is 4.48 Å². The van der Waals surface area contributed by atoms with E-state index in [-0.39, 0.29) is 17.4 Å². The Morgan fingerprint density at radius 1 is 1.00 bits per heavy atom. The molecule has 0 aliphatic heterocycles. The van der Waals surface area contributed by atoms with E-state index in [1.54, 1.807) is 0 Å². The average Bonchev–Trinajstić information content (AvgIpc) is 1.12. The van der Waals surface area contributed by atoms with Gasteiger partial charge in [0.25, 0.3) is 0 Å². The minimum absolute atomic E-state index is 0. The van der Waals surface area contributed by atoms with Crippen LogP contribution in [-0.4, -0.2) is 67.6 Å². The molecule has 11 heavy (non-hydrogen) atoms. The van der Waals surface area contributed by atoms with Crippen LogP contribution < -0.4 is 0 Å². The minimum atomic E-state index is -4.67. The van der Waals surface area contributed by atoms with Gasteiger partial charge in [-0.1, -0.05) is 0 Å². The Labute approximate surface area is 78.3 Å². The molecule has 0 unspecified atom stereocenters. The predicted octanol–water partition coefficient (Wildman–Crippen LogP) is -0.711. The van der Waals surface area contributed by atoms with Crippen molar-refractivity contribution >= 4 is 27.8 Å². The SMILES string of the molecule is C[N+](C)(C)C.O=S(=O)(O)O.[Al+3]. The van der Waals surface area contributed by atoms with Crippen molar-refractivity contribution in [3.05, 3.63) is 0 Å². The molecule has 0 rings (SSSR count). The molecular formula is C4H14AlNO4S+4. The Morgan fingerprint density at radius 3 is 1.00 bits per heavy atom. The number of hydrogen-bond acceptors (Lipinski definition) is 2. The molecule has 0 aliphatic carbocycles. The zero-order valence-corrected chi connectivity index (χ0v) is 9.11. The molecule has 0 aromatic heterocycles. The Balaban J connectivity index is -0.000000107. The van der Waals surface area contributed by atoms with Gasteiger partial charge in [-0.05, 0) is 0 Å². The standard InChI is InChI=1S/C4H12N.Al.H2O4S/c1-5(2,3)4;;1-5(2,3)4/h1-4H3;;(H2,1,2,3,4)/q+1;+3;. The fourth-order valence-electron chi connectivity index (χ4n) is 0. The van der Waals surface area contributed by atoms with E-state index >= 15 is 0 Å². The summed E-state index contributed by atoms with van der Waals surface area (Å²) in [5, 5.41) is 0. The maximum absolute atomic E-state index is 8.74. The van der Waals surface area contributed by atoms with Crippen molar-refractivity contribution in [2.75, 3.05) is 28.2 Å². The molecule has 0 aromatic rings. The fraction of sp³-hybridized carbons (Fsp3) is 1.00. The first-order chi connectivity index (χ1) is 4.00. The van der Waals surface area contributed by atoms with Crippen molar-refractivity contribution in [3.8, 4) is 0 Å². The van der Waals surface area contributed by atoms with Gasteiger partial charge in [0.05, 0.1) is 28.2 Å². The fourth-order valence-corrected chi connectivity index (χ4v) is 0. The third kappa shape index (κ3) is 5520. The molecule has 0 aromatic carbocycles. The van der Waals surface area contributed by atoms with Gasteiger partial charge in [-0.3, -0.25) is 9.11 Å². The molecule has 0 atom stereocenters. The van der Waals surface area contributed by atoms with Crippen LogP contribution in [0.25, 0.3) is 0 Å². The van der Waals surface area contributed by atoms with Crippen LogP contribution in [0.3, 0.4) is 0 Å². The molecule has 0 amide bonds. The molecule has 0 saturated heterocycles. The molecule has 0 radical (unpaired) electrons. The van der Waals surface area contributed by atoms with Crippen LogP contribution in [-0.2, 0) is 10.4 Å². The average molecular weight is 199 g/mol. The summed E-state index contributed by atoms with van der Waals surface area (Å²) in [6.07, 6.45) is 0. The van der Waals surface area contributed by atoms with Crippen LogP contribution >= 0.6 is 0 Å². The normalized spacial score (nSPS) is 10.7. The van der Waals surface area contributed by atoms with E-state index < -0.39 is 10.4 Å². The van der Waals surface area contributed by atoms with Crippen molar-refractivity contribution in [1.29, 1.82) is 0 Å². The second-order valence-corrected chi connectivity index (χ2v) is 4.03. The summed E-state index contributed by atoms with van der Waals surface area (Å²) >= 11 is 0. The predicted molar refractivity (Wildman–Crippen MR) is 43.9 cm³/mol. The van der Waals surface area contributed by atoms with Crippen molar-refractivity contribution in [2.24, 2.45) is 0 Å². The molecule has 0 aliphatic rings. The van der Waals surface area contributed by atoms with Crippen LogP contribution in [0.15, 0.2) is 0 Å². The molecular weight excluding hydrogens is 185 g/mol. The van der Waals surface area contributed by atoms with Gasteiger partial charge in [0.1, 0.15) is 0 Å². The molecule has 64 valence electrons. The summed E-state index contributed by atoms with van der Waals surface area (Å²) in [5.41, 5.74) is 0. The van der Waals surface area contributed by atoms with Crippen molar-refractivity contribution in [1.82, 2.24) is 0 Å². The largest absolute Gasteiger partial charge is 3.00 e. The van der Waals surface area contributed by atoms with E-state index in [2.05, 4.69) is 28.2 Å². The van der Waals surface area contributed by atoms with Crippen molar-refractivity contribution in [3.63, 3.8) is 0 Å². The zero-order valence-electron chi connectivity index (χ0n) is 7.14. The second kappa shape index (κ2) is 5.94. The molecule has 0 heterocycles. The maximum Gasteiger partial charge on any atom is 3.00 e. The third-order valence-corrected chi connectivity index (χ3v) is 0. The number of hydrogen-bond donors (Lipinski definition) is 2. The number of rotatable bonds is 0.